The molecule has 0 saturated carbocycles. The molecule has 0 bridgehead atoms. The van der Waals surface area contributed by atoms with Gasteiger partial charge in [-0.1, -0.05) is 30.0 Å². The Morgan fingerprint density at radius 1 is 1.30 bits per heavy atom. The van der Waals surface area contributed by atoms with E-state index in [2.05, 4.69) is 15.2 Å². The summed E-state index contributed by atoms with van der Waals surface area (Å²) in [5, 5.41) is 19.8. The average Bonchev–Trinajstić information content (AvgIpc) is 2.93. The number of carboxylic acid groups (broad SMARTS) is 1. The minimum atomic E-state index is -0.845. The van der Waals surface area contributed by atoms with Gasteiger partial charge in [0, 0.05) is 29.8 Å². The lowest BCUT2D eigenvalue weighted by atomic mass is 10.0. The molecule has 0 aliphatic carbocycles. The molecule has 1 aliphatic rings. The van der Waals surface area contributed by atoms with Crippen LogP contribution in [0.5, 0.6) is 0 Å². The van der Waals surface area contributed by atoms with Crippen molar-refractivity contribution in [3.8, 4) is 0 Å². The third-order valence-electron chi connectivity index (χ3n) is 2.95. The highest BCUT2D eigenvalue weighted by molar-refractivity contribution is 8.14. The summed E-state index contributed by atoms with van der Waals surface area (Å²) in [5.74, 6) is -0.830. The van der Waals surface area contributed by atoms with Crippen LogP contribution in [0.15, 0.2) is 46.9 Å². The lowest BCUT2D eigenvalue weighted by Crippen LogP contribution is -2.05. The number of hydrogen-bond donors (Lipinski definition) is 1. The molecule has 3 rings (SSSR count). The molecule has 0 saturated heterocycles. The Hall–Kier alpha value is -2.21. The summed E-state index contributed by atoms with van der Waals surface area (Å²) in [6, 6.07) is 7.92. The van der Waals surface area contributed by atoms with Gasteiger partial charge in [-0.05, 0) is 11.5 Å². The van der Waals surface area contributed by atoms with Crippen LogP contribution in [-0.4, -0.2) is 32.6 Å². The predicted molar refractivity (Wildman–Crippen MR) is 80.4 cm³/mol. The van der Waals surface area contributed by atoms with Gasteiger partial charge in [-0.15, -0.1) is 5.10 Å². The van der Waals surface area contributed by atoms with Gasteiger partial charge in [0.25, 0.3) is 0 Å². The van der Waals surface area contributed by atoms with Gasteiger partial charge in [0.2, 0.25) is 0 Å². The second-order valence-corrected chi connectivity index (χ2v) is 5.35. The third-order valence-corrected chi connectivity index (χ3v) is 3.91. The van der Waals surface area contributed by atoms with Gasteiger partial charge in [0.05, 0.1) is 11.5 Å². The molecule has 0 unspecified atom stereocenters. The summed E-state index contributed by atoms with van der Waals surface area (Å²) >= 11 is 1.22. The van der Waals surface area contributed by atoms with Gasteiger partial charge in [-0.2, -0.15) is 5.10 Å². The van der Waals surface area contributed by atoms with Gasteiger partial charge >= 0.3 is 5.97 Å². The first-order valence-electron chi connectivity index (χ1n) is 6.05. The Kier molecular flexibility index (Phi) is 3.47. The van der Waals surface area contributed by atoms with Crippen LogP contribution in [-0.2, 0) is 4.79 Å². The van der Waals surface area contributed by atoms with Gasteiger partial charge in [0.15, 0.2) is 0 Å². The number of carboxylic acids is 1. The fourth-order valence-corrected chi connectivity index (χ4v) is 2.71. The van der Waals surface area contributed by atoms with Crippen molar-refractivity contribution in [2.24, 2.45) is 10.2 Å². The molecule has 0 radical (unpaired) electrons. The minimum Gasteiger partial charge on any atom is -0.481 e. The molecule has 0 amide bonds. The lowest BCUT2D eigenvalue weighted by molar-refractivity contribution is -0.133. The van der Waals surface area contributed by atoms with E-state index in [1.54, 1.807) is 6.20 Å². The third kappa shape index (κ3) is 2.55. The summed E-state index contributed by atoms with van der Waals surface area (Å²) < 4.78 is 0. The number of rotatable bonds is 3. The van der Waals surface area contributed by atoms with Gasteiger partial charge in [-0.3, -0.25) is 9.78 Å². The largest absolute Gasteiger partial charge is 0.481 e. The standard InChI is InChI=1S/C14H11N3O2S/c18-14(19)8-20-13-6-12(16-17-13)11-3-1-2-9-7-15-5-4-10(9)11/h1-5,7H,6,8H2,(H,18,19). The number of pyridine rings is 1. The van der Waals surface area contributed by atoms with E-state index >= 15 is 0 Å². The van der Waals surface area contributed by atoms with Crippen LogP contribution in [0.25, 0.3) is 10.8 Å². The second-order valence-electron chi connectivity index (χ2n) is 4.30. The van der Waals surface area contributed by atoms with Crippen LogP contribution in [0.1, 0.15) is 12.0 Å². The van der Waals surface area contributed by atoms with Crippen LogP contribution >= 0.6 is 11.8 Å². The zero-order valence-electron chi connectivity index (χ0n) is 10.5. The molecule has 0 atom stereocenters. The van der Waals surface area contributed by atoms with E-state index in [1.165, 1.54) is 11.8 Å². The topological polar surface area (TPSA) is 74.9 Å². The van der Waals surface area contributed by atoms with Crippen molar-refractivity contribution in [1.29, 1.82) is 0 Å². The van der Waals surface area contributed by atoms with E-state index in [0.717, 1.165) is 27.1 Å². The van der Waals surface area contributed by atoms with Crippen molar-refractivity contribution in [2.75, 3.05) is 5.75 Å². The maximum atomic E-state index is 10.6. The van der Waals surface area contributed by atoms with E-state index < -0.39 is 5.97 Å². The molecular formula is C14H11N3O2S. The predicted octanol–water partition coefficient (Wildman–Crippen LogP) is 2.56. The van der Waals surface area contributed by atoms with Crippen LogP contribution in [0.2, 0.25) is 0 Å². The molecule has 1 aliphatic heterocycles. The molecule has 5 nitrogen and oxygen atoms in total. The number of hydrogen-bond acceptors (Lipinski definition) is 5. The number of aromatic nitrogens is 1. The van der Waals surface area contributed by atoms with Crippen molar-refractivity contribution in [3.05, 3.63) is 42.2 Å². The molecule has 2 heterocycles. The maximum absolute atomic E-state index is 10.6. The molecule has 20 heavy (non-hydrogen) atoms. The zero-order chi connectivity index (χ0) is 13.9. The average molecular weight is 285 g/mol. The Bertz CT molecular complexity index is 735. The van der Waals surface area contributed by atoms with Gasteiger partial charge in [-0.25, -0.2) is 0 Å². The summed E-state index contributed by atoms with van der Waals surface area (Å²) in [6.45, 7) is 0. The summed E-state index contributed by atoms with van der Waals surface area (Å²) in [5.41, 5.74) is 1.90. The number of carbonyl (C=O) groups is 1. The number of thioether (sulfide) groups is 1. The zero-order valence-corrected chi connectivity index (χ0v) is 11.3. The van der Waals surface area contributed by atoms with Crippen LogP contribution in [0.4, 0.5) is 0 Å². The number of aliphatic carboxylic acids is 1. The Morgan fingerprint density at radius 3 is 3.05 bits per heavy atom. The first-order chi connectivity index (χ1) is 9.74. The van der Waals surface area contributed by atoms with Gasteiger partial charge < -0.3 is 5.11 Å². The highest BCUT2D eigenvalue weighted by atomic mass is 32.2. The maximum Gasteiger partial charge on any atom is 0.313 e. The Labute approximate surface area is 119 Å². The molecular weight excluding hydrogens is 274 g/mol. The SMILES string of the molecule is O=C(O)CSC1=NN=C(c2cccc3cnccc23)C1. The van der Waals surface area contributed by atoms with E-state index in [9.17, 15) is 4.79 Å². The molecule has 2 aromatic rings. The number of nitrogens with zero attached hydrogens (tertiary/aromatic N) is 3. The normalized spacial score (nSPS) is 14.2. The minimum absolute atomic E-state index is 0.0150. The number of benzene rings is 1. The first-order valence-corrected chi connectivity index (χ1v) is 7.04. The second kappa shape index (κ2) is 5.42. The van der Waals surface area contributed by atoms with E-state index in [-0.39, 0.29) is 5.75 Å². The van der Waals surface area contributed by atoms with Crippen molar-refractivity contribution in [1.82, 2.24) is 4.98 Å². The molecule has 1 N–H and O–H groups in total. The fraction of sp³-hybridized carbons (Fsp3) is 0.143. The van der Waals surface area contributed by atoms with Crippen LogP contribution in [0, 0.1) is 0 Å². The summed E-state index contributed by atoms with van der Waals surface area (Å²) in [6.07, 6.45) is 4.15. The van der Waals surface area contributed by atoms with Crippen molar-refractivity contribution in [3.63, 3.8) is 0 Å². The van der Waals surface area contributed by atoms with Crippen molar-refractivity contribution >= 4 is 39.3 Å². The van der Waals surface area contributed by atoms with Crippen LogP contribution < -0.4 is 0 Å². The van der Waals surface area contributed by atoms with Crippen molar-refractivity contribution in [2.45, 2.75) is 6.42 Å². The Morgan fingerprint density at radius 2 is 2.20 bits per heavy atom. The molecule has 0 spiro atoms. The summed E-state index contributed by atoms with van der Waals surface area (Å²) in [7, 11) is 0. The quantitative estimate of drug-likeness (QED) is 0.940. The fourth-order valence-electron chi connectivity index (χ4n) is 2.08. The van der Waals surface area contributed by atoms with Crippen LogP contribution in [0.3, 0.4) is 0 Å². The molecule has 0 fully saturated rings. The highest BCUT2D eigenvalue weighted by Gasteiger charge is 2.17. The molecule has 100 valence electrons. The summed E-state index contributed by atoms with van der Waals surface area (Å²) in [4.78, 5) is 14.7. The molecule has 1 aromatic heterocycles. The van der Waals surface area contributed by atoms with Gasteiger partial charge in [0.1, 0.15) is 5.04 Å². The van der Waals surface area contributed by atoms with E-state index in [1.807, 2.05) is 30.5 Å². The lowest BCUT2D eigenvalue weighted by Gasteiger charge is -2.05. The molecule has 1 aromatic carbocycles. The van der Waals surface area contributed by atoms with E-state index in [0.29, 0.717) is 6.42 Å². The van der Waals surface area contributed by atoms with Crippen molar-refractivity contribution < 1.29 is 9.90 Å². The van der Waals surface area contributed by atoms with E-state index in [4.69, 9.17) is 5.11 Å². The monoisotopic (exact) mass is 285 g/mol. The molecule has 6 heteroatoms. The highest BCUT2D eigenvalue weighted by Crippen LogP contribution is 2.24. The first kappa shape index (κ1) is 12.8. The number of fused-ring (bicyclic) bond motifs is 1. The Balaban J connectivity index is 1.83. The smallest absolute Gasteiger partial charge is 0.313 e.